The van der Waals surface area contributed by atoms with Gasteiger partial charge in [-0.05, 0) is 12.1 Å². The summed E-state index contributed by atoms with van der Waals surface area (Å²) in [5.74, 6) is 0. The van der Waals surface area contributed by atoms with E-state index in [9.17, 15) is 0 Å². The van der Waals surface area contributed by atoms with E-state index in [1.54, 1.807) is 0 Å². The van der Waals surface area contributed by atoms with Gasteiger partial charge in [-0.3, -0.25) is 0 Å². The fourth-order valence-electron chi connectivity index (χ4n) is 0.786. The van der Waals surface area contributed by atoms with E-state index in [4.69, 9.17) is 0 Å². The summed E-state index contributed by atoms with van der Waals surface area (Å²) in [7, 11) is 0. The minimum Gasteiger partial charge on any atom is -0.197 e. The quantitative estimate of drug-likeness (QED) is 0.766. The first-order valence-corrected chi connectivity index (χ1v) is 2.72. The number of rotatable bonds is 0. The van der Waals surface area contributed by atoms with Crippen molar-refractivity contribution < 1.29 is 41.3 Å². The molecule has 0 atom stereocenters. The molecule has 2 rings (SSSR count). The molecule has 1 aromatic heterocycles. The Morgan fingerprint density at radius 2 is 1.50 bits per heavy atom. The van der Waals surface area contributed by atoms with E-state index in [1.807, 2.05) is 24.3 Å². The van der Waals surface area contributed by atoms with Crippen molar-refractivity contribution in [2.75, 3.05) is 0 Å². The van der Waals surface area contributed by atoms with E-state index < -0.39 is 0 Å². The SMILES string of the molecule is [Pr].c1ccc2n[nH]nc2c1. The molecular formula is C6H5N3Pr. The van der Waals surface area contributed by atoms with Gasteiger partial charge in [0.1, 0.15) is 11.0 Å². The van der Waals surface area contributed by atoms with Crippen LogP contribution in [-0.4, -0.2) is 15.4 Å². The van der Waals surface area contributed by atoms with E-state index in [1.165, 1.54) is 0 Å². The summed E-state index contributed by atoms with van der Waals surface area (Å²) in [5, 5.41) is 10.3. The number of aromatic nitrogens is 3. The van der Waals surface area contributed by atoms with Crippen molar-refractivity contribution >= 4 is 11.0 Å². The van der Waals surface area contributed by atoms with Crippen LogP contribution in [0.4, 0.5) is 0 Å². The number of fused-ring (bicyclic) bond motifs is 1. The average molecular weight is 260 g/mol. The summed E-state index contributed by atoms with van der Waals surface area (Å²) >= 11 is 0. The smallest absolute Gasteiger partial charge is 0.112 e. The molecule has 1 aromatic carbocycles. The predicted molar refractivity (Wildman–Crippen MR) is 33.9 cm³/mol. The Morgan fingerprint density at radius 3 is 2.00 bits per heavy atom. The van der Waals surface area contributed by atoms with Gasteiger partial charge >= 0.3 is 0 Å². The maximum absolute atomic E-state index is 3.88. The van der Waals surface area contributed by atoms with E-state index in [-0.39, 0.29) is 41.3 Å². The number of hydrogen-bond acceptors (Lipinski definition) is 2. The fraction of sp³-hybridized carbons (Fsp3) is 0. The second-order valence-corrected chi connectivity index (χ2v) is 1.81. The zero-order valence-corrected chi connectivity index (χ0v) is 8.99. The minimum absolute atomic E-state index is 0. The molecule has 3 nitrogen and oxygen atoms in total. The summed E-state index contributed by atoms with van der Waals surface area (Å²) < 4.78 is 0. The molecule has 1 radical (unpaired) electrons. The monoisotopic (exact) mass is 260 g/mol. The van der Waals surface area contributed by atoms with Gasteiger partial charge in [-0.2, -0.15) is 15.4 Å². The summed E-state index contributed by atoms with van der Waals surface area (Å²) in [6, 6.07) is 7.70. The Labute approximate surface area is 91.2 Å². The van der Waals surface area contributed by atoms with Gasteiger partial charge in [0, 0.05) is 41.3 Å². The zero-order valence-electron chi connectivity index (χ0n) is 5.28. The van der Waals surface area contributed by atoms with Gasteiger partial charge in [-0.25, -0.2) is 0 Å². The number of H-pyrrole nitrogens is 1. The van der Waals surface area contributed by atoms with Gasteiger partial charge in [0.15, 0.2) is 0 Å². The van der Waals surface area contributed by atoms with Crippen molar-refractivity contribution in [2.45, 2.75) is 0 Å². The summed E-state index contributed by atoms with van der Waals surface area (Å²) in [6.45, 7) is 0. The molecule has 0 fully saturated rings. The molecule has 1 N–H and O–H groups in total. The molecule has 0 unspecified atom stereocenters. The summed E-state index contributed by atoms with van der Waals surface area (Å²) in [6.07, 6.45) is 0. The van der Waals surface area contributed by atoms with E-state index in [0.717, 1.165) is 11.0 Å². The molecule has 0 spiro atoms. The van der Waals surface area contributed by atoms with Crippen molar-refractivity contribution in [1.29, 1.82) is 0 Å². The maximum Gasteiger partial charge on any atom is 0.112 e. The maximum atomic E-state index is 3.88. The van der Waals surface area contributed by atoms with Crippen LogP contribution in [0.25, 0.3) is 11.0 Å². The third kappa shape index (κ3) is 1.35. The summed E-state index contributed by atoms with van der Waals surface area (Å²) in [4.78, 5) is 0. The van der Waals surface area contributed by atoms with Crippen molar-refractivity contribution in [3.05, 3.63) is 24.3 Å². The van der Waals surface area contributed by atoms with Crippen LogP contribution >= 0.6 is 0 Å². The van der Waals surface area contributed by atoms with E-state index in [2.05, 4.69) is 15.4 Å². The third-order valence-corrected chi connectivity index (χ3v) is 1.22. The Hall–Kier alpha value is -0.0164. The molecule has 0 aliphatic carbocycles. The van der Waals surface area contributed by atoms with Gasteiger partial charge in [0.25, 0.3) is 0 Å². The van der Waals surface area contributed by atoms with Gasteiger partial charge in [0.05, 0.1) is 0 Å². The first kappa shape index (κ1) is 8.08. The largest absolute Gasteiger partial charge is 0.197 e. The first-order valence-electron chi connectivity index (χ1n) is 2.72. The number of aromatic amines is 1. The molecule has 0 bridgehead atoms. The van der Waals surface area contributed by atoms with Crippen LogP contribution in [0.1, 0.15) is 0 Å². The molecular weight excluding hydrogens is 255 g/mol. The van der Waals surface area contributed by atoms with Crippen LogP contribution in [-0.2, 0) is 0 Å². The minimum atomic E-state index is 0. The normalized spacial score (nSPS) is 9.20. The molecule has 4 heteroatoms. The van der Waals surface area contributed by atoms with E-state index in [0.29, 0.717) is 0 Å². The van der Waals surface area contributed by atoms with Gasteiger partial charge in [0.2, 0.25) is 0 Å². The standard InChI is InChI=1S/C6H5N3.Pr/c1-2-4-6-5(3-1)7-9-8-6;/h1-4H,(H,7,8,9);. The number of nitrogens with zero attached hydrogens (tertiary/aromatic N) is 2. The zero-order chi connectivity index (χ0) is 6.10. The fourth-order valence-corrected chi connectivity index (χ4v) is 0.786. The van der Waals surface area contributed by atoms with Crippen LogP contribution in [0.5, 0.6) is 0 Å². The van der Waals surface area contributed by atoms with Crippen molar-refractivity contribution in [1.82, 2.24) is 15.4 Å². The van der Waals surface area contributed by atoms with Crippen molar-refractivity contribution in [3.8, 4) is 0 Å². The number of benzene rings is 1. The second-order valence-electron chi connectivity index (χ2n) is 1.81. The van der Waals surface area contributed by atoms with Crippen molar-refractivity contribution in [3.63, 3.8) is 0 Å². The van der Waals surface area contributed by atoms with Gasteiger partial charge < -0.3 is 0 Å². The van der Waals surface area contributed by atoms with Crippen LogP contribution in [0.15, 0.2) is 24.3 Å². The molecule has 47 valence electrons. The Bertz CT molecular complexity index is 287. The average Bonchev–Trinajstić information content (AvgIpc) is 2.33. The molecule has 2 aromatic rings. The van der Waals surface area contributed by atoms with E-state index >= 15 is 0 Å². The van der Waals surface area contributed by atoms with Crippen LogP contribution in [0.2, 0.25) is 0 Å². The van der Waals surface area contributed by atoms with Gasteiger partial charge in [-0.15, -0.1) is 0 Å². The summed E-state index contributed by atoms with van der Waals surface area (Å²) in [5.41, 5.74) is 1.83. The van der Waals surface area contributed by atoms with Crippen molar-refractivity contribution in [2.24, 2.45) is 0 Å². The van der Waals surface area contributed by atoms with Crippen LogP contribution < -0.4 is 0 Å². The Morgan fingerprint density at radius 1 is 1.00 bits per heavy atom. The predicted octanol–water partition coefficient (Wildman–Crippen LogP) is 0.958. The van der Waals surface area contributed by atoms with Gasteiger partial charge in [-0.1, -0.05) is 12.1 Å². The molecule has 0 saturated heterocycles. The number of para-hydroxylation sites is 2. The topological polar surface area (TPSA) is 41.6 Å². The molecule has 10 heavy (non-hydrogen) atoms. The molecule has 1 heterocycles. The Kier molecular flexibility index (Phi) is 2.75. The molecule has 0 saturated carbocycles. The Balaban J connectivity index is 0.000000500. The number of hydrogen-bond donors (Lipinski definition) is 1. The molecule has 0 amide bonds. The molecule has 0 aliphatic heterocycles. The van der Waals surface area contributed by atoms with Crippen LogP contribution in [0.3, 0.4) is 0 Å². The second kappa shape index (κ2) is 3.40. The molecule has 0 aliphatic rings. The first-order chi connectivity index (χ1) is 4.47. The third-order valence-electron chi connectivity index (χ3n) is 1.22. The van der Waals surface area contributed by atoms with Crippen LogP contribution in [0, 0.1) is 41.3 Å². The number of nitrogens with one attached hydrogen (secondary N) is 1.